The molecule has 0 atom stereocenters. The fourth-order valence-corrected chi connectivity index (χ4v) is 1.76. The molecule has 0 N–H and O–H groups in total. The van der Waals surface area contributed by atoms with Gasteiger partial charge in [-0.2, -0.15) is 0 Å². The summed E-state index contributed by atoms with van der Waals surface area (Å²) in [5, 5.41) is 0. The predicted octanol–water partition coefficient (Wildman–Crippen LogP) is 6.88. The molecule has 0 aliphatic carbocycles. The highest BCUT2D eigenvalue weighted by molar-refractivity contribution is 8.45. The van der Waals surface area contributed by atoms with Crippen molar-refractivity contribution in [2.45, 2.75) is 44.9 Å². The van der Waals surface area contributed by atoms with E-state index in [1.54, 1.807) is 13.8 Å². The number of rotatable bonds is 2. The molecule has 0 heterocycles. The van der Waals surface area contributed by atoms with Crippen LogP contribution in [0.2, 0.25) is 0 Å². The second-order valence-corrected chi connectivity index (χ2v) is 6.81. The SMILES string of the molecule is CC(C)c1ccc(S(F)(F)(F)(F)F)cc1.CCC. The third kappa shape index (κ3) is 5.71. The maximum absolute atomic E-state index is 12.3. The van der Waals surface area contributed by atoms with E-state index in [1.165, 1.54) is 6.42 Å². The van der Waals surface area contributed by atoms with Gasteiger partial charge in [0.2, 0.25) is 0 Å². The number of halogens is 5. The highest BCUT2D eigenvalue weighted by Crippen LogP contribution is 3.02. The number of hydrogen-bond acceptors (Lipinski definition) is 0. The molecule has 108 valence electrons. The minimum Gasteiger partial charge on any atom is -0.0936 e. The van der Waals surface area contributed by atoms with E-state index in [4.69, 9.17) is 0 Å². The maximum Gasteiger partial charge on any atom is 0.310 e. The van der Waals surface area contributed by atoms with Gasteiger partial charge >= 0.3 is 10.2 Å². The third-order valence-electron chi connectivity index (χ3n) is 1.99. The summed E-state index contributed by atoms with van der Waals surface area (Å²) in [6.45, 7) is 7.80. The third-order valence-corrected chi connectivity index (χ3v) is 3.16. The van der Waals surface area contributed by atoms with E-state index in [-0.39, 0.29) is 5.92 Å². The van der Waals surface area contributed by atoms with Crippen LogP contribution in [0.3, 0.4) is 0 Å². The Morgan fingerprint density at radius 3 is 1.44 bits per heavy atom. The number of hydrogen-bond donors (Lipinski definition) is 0. The van der Waals surface area contributed by atoms with Gasteiger partial charge in [-0.25, -0.2) is 0 Å². The Morgan fingerprint density at radius 2 is 1.22 bits per heavy atom. The Hall–Kier alpha value is -0.780. The lowest BCUT2D eigenvalue weighted by Gasteiger charge is -2.40. The van der Waals surface area contributed by atoms with Crippen LogP contribution in [0.5, 0.6) is 0 Å². The van der Waals surface area contributed by atoms with E-state index in [9.17, 15) is 19.4 Å². The lowest BCUT2D eigenvalue weighted by atomic mass is 10.0. The molecule has 0 aliphatic heterocycles. The average Bonchev–Trinajstić information content (AvgIpc) is 2.15. The van der Waals surface area contributed by atoms with Crippen LogP contribution in [0.1, 0.15) is 45.6 Å². The van der Waals surface area contributed by atoms with Gasteiger partial charge in [-0.05, 0) is 23.6 Å². The van der Waals surface area contributed by atoms with E-state index in [0.29, 0.717) is 17.7 Å². The molecule has 1 aromatic rings. The highest BCUT2D eigenvalue weighted by atomic mass is 32.5. The van der Waals surface area contributed by atoms with Crippen molar-refractivity contribution in [3.63, 3.8) is 0 Å². The van der Waals surface area contributed by atoms with Gasteiger partial charge in [-0.15, -0.1) is 0 Å². The second kappa shape index (κ2) is 4.72. The lowest BCUT2D eigenvalue weighted by Crippen LogP contribution is -2.05. The van der Waals surface area contributed by atoms with Crippen LogP contribution in [0.4, 0.5) is 19.4 Å². The molecule has 18 heavy (non-hydrogen) atoms. The maximum atomic E-state index is 12.3. The molecule has 1 rings (SSSR count). The van der Waals surface area contributed by atoms with Crippen LogP contribution >= 0.6 is 10.2 Å². The zero-order valence-corrected chi connectivity index (χ0v) is 11.7. The molecule has 0 saturated heterocycles. The Kier molecular flexibility index (Phi) is 4.51. The van der Waals surface area contributed by atoms with Crippen molar-refractivity contribution < 1.29 is 19.4 Å². The number of benzene rings is 1. The summed E-state index contributed by atoms with van der Waals surface area (Å²) < 4.78 is 61.4. The summed E-state index contributed by atoms with van der Waals surface area (Å²) in [5.41, 5.74) is 0.598. The molecule has 0 unspecified atom stereocenters. The van der Waals surface area contributed by atoms with Gasteiger partial charge in [0.05, 0.1) is 0 Å². The van der Waals surface area contributed by atoms with Crippen molar-refractivity contribution in [1.82, 2.24) is 0 Å². The van der Waals surface area contributed by atoms with Gasteiger partial charge in [-0.3, -0.25) is 0 Å². The van der Waals surface area contributed by atoms with E-state index < -0.39 is 15.1 Å². The summed E-state index contributed by atoms with van der Waals surface area (Å²) in [6, 6.07) is 3.05. The van der Waals surface area contributed by atoms with Crippen LogP contribution in [-0.2, 0) is 0 Å². The van der Waals surface area contributed by atoms with Crippen molar-refractivity contribution >= 4 is 10.2 Å². The van der Waals surface area contributed by atoms with Crippen molar-refractivity contribution in [2.75, 3.05) is 0 Å². The van der Waals surface area contributed by atoms with E-state index in [1.807, 2.05) is 0 Å². The predicted molar refractivity (Wildman–Crippen MR) is 67.9 cm³/mol. The fraction of sp³-hybridized carbons (Fsp3) is 0.500. The van der Waals surface area contributed by atoms with E-state index in [0.717, 1.165) is 12.1 Å². The van der Waals surface area contributed by atoms with Crippen molar-refractivity contribution in [1.29, 1.82) is 0 Å². The van der Waals surface area contributed by atoms with Gasteiger partial charge < -0.3 is 0 Å². The van der Waals surface area contributed by atoms with Gasteiger partial charge in [-0.1, -0.05) is 65.7 Å². The average molecular weight is 290 g/mol. The summed E-state index contributed by atoms with van der Waals surface area (Å²) in [5.74, 6) is 0.0116. The quantitative estimate of drug-likeness (QED) is 0.520. The van der Waals surface area contributed by atoms with Gasteiger partial charge in [0.1, 0.15) is 4.90 Å². The normalized spacial score (nSPS) is 15.4. The molecule has 0 spiro atoms. The van der Waals surface area contributed by atoms with Gasteiger partial charge in [0.25, 0.3) is 0 Å². The van der Waals surface area contributed by atoms with Crippen LogP contribution in [-0.4, -0.2) is 0 Å². The first-order valence-corrected chi connectivity index (χ1v) is 7.61. The van der Waals surface area contributed by atoms with Crippen molar-refractivity contribution in [2.24, 2.45) is 0 Å². The minimum atomic E-state index is -9.49. The molecule has 0 radical (unpaired) electrons. The zero-order chi connectivity index (χ0) is 14.7. The Labute approximate surface area is 105 Å². The topological polar surface area (TPSA) is 0 Å². The smallest absolute Gasteiger partial charge is 0.0936 e. The highest BCUT2D eigenvalue weighted by Gasteiger charge is 2.65. The Bertz CT molecular complexity index is 376. The molecule has 1 aromatic carbocycles. The molecule has 6 heteroatoms. The van der Waals surface area contributed by atoms with Gasteiger partial charge in [0.15, 0.2) is 0 Å². The molecule has 0 aliphatic rings. The van der Waals surface area contributed by atoms with E-state index in [2.05, 4.69) is 13.8 Å². The molecular formula is C12H19F5S. The first-order valence-electron chi connectivity index (χ1n) is 5.65. The van der Waals surface area contributed by atoms with Crippen LogP contribution in [0.25, 0.3) is 0 Å². The molecule has 0 fully saturated rings. The molecule has 0 nitrogen and oxygen atoms in total. The summed E-state index contributed by atoms with van der Waals surface area (Å²) in [4.78, 5) is -1.83. The van der Waals surface area contributed by atoms with Crippen molar-refractivity contribution in [3.05, 3.63) is 29.8 Å². The van der Waals surface area contributed by atoms with Crippen LogP contribution in [0, 0.1) is 0 Å². The fourth-order valence-electron chi connectivity index (χ4n) is 1.11. The first kappa shape index (κ1) is 17.2. The van der Waals surface area contributed by atoms with Gasteiger partial charge in [0, 0.05) is 0 Å². The Balaban J connectivity index is 0.000000873. The standard InChI is InChI=1S/C9H11F5S.C3H8/c1-7(2)8-3-5-9(6-4-8)15(10,11,12,13)14;1-3-2/h3-7H,1-2H3;3H2,1-2H3. The zero-order valence-electron chi connectivity index (χ0n) is 10.9. The molecule has 0 bridgehead atoms. The Morgan fingerprint density at radius 1 is 0.889 bits per heavy atom. The second-order valence-electron chi connectivity index (χ2n) is 4.40. The van der Waals surface area contributed by atoms with Crippen LogP contribution < -0.4 is 0 Å². The largest absolute Gasteiger partial charge is 0.310 e. The molecular weight excluding hydrogens is 271 g/mol. The van der Waals surface area contributed by atoms with E-state index >= 15 is 0 Å². The molecule has 0 aromatic heterocycles. The van der Waals surface area contributed by atoms with Crippen molar-refractivity contribution in [3.8, 4) is 0 Å². The summed E-state index contributed by atoms with van der Waals surface area (Å²) in [6.07, 6.45) is 1.25. The minimum absolute atomic E-state index is 0.0116. The lowest BCUT2D eigenvalue weighted by molar-refractivity contribution is 0.364. The molecule has 0 amide bonds. The monoisotopic (exact) mass is 290 g/mol. The summed E-state index contributed by atoms with van der Waals surface area (Å²) in [7, 11) is -9.49. The first-order chi connectivity index (χ1) is 7.81. The van der Waals surface area contributed by atoms with Crippen LogP contribution in [0.15, 0.2) is 29.2 Å². The summed E-state index contributed by atoms with van der Waals surface area (Å²) >= 11 is 0. The molecule has 0 saturated carbocycles.